The van der Waals surface area contributed by atoms with Crippen molar-refractivity contribution in [3.8, 4) is 5.75 Å². The van der Waals surface area contributed by atoms with E-state index in [0.29, 0.717) is 0 Å². The standard InChI is InChI=1S/C11H13BrN4O/c1-16-9(6-14-15-16)11(13)7-3-4-10(17-2)8(12)5-7/h3-6,11H,13H2,1-2H3. The minimum absolute atomic E-state index is 0.253. The molecule has 0 radical (unpaired) electrons. The smallest absolute Gasteiger partial charge is 0.133 e. The topological polar surface area (TPSA) is 66.0 Å². The molecule has 1 heterocycles. The first-order valence-corrected chi connectivity index (χ1v) is 5.86. The molecule has 1 atom stereocenters. The van der Waals surface area contributed by atoms with Crippen molar-refractivity contribution in [1.29, 1.82) is 0 Å². The molecule has 2 N–H and O–H groups in total. The summed E-state index contributed by atoms with van der Waals surface area (Å²) < 4.78 is 7.72. The Morgan fingerprint density at radius 3 is 2.76 bits per heavy atom. The third kappa shape index (κ3) is 2.32. The van der Waals surface area contributed by atoms with Gasteiger partial charge in [0.1, 0.15) is 5.75 Å². The lowest BCUT2D eigenvalue weighted by Crippen LogP contribution is -2.15. The monoisotopic (exact) mass is 296 g/mol. The van der Waals surface area contributed by atoms with Gasteiger partial charge in [0.05, 0.1) is 29.5 Å². The second-order valence-electron chi connectivity index (χ2n) is 3.65. The van der Waals surface area contributed by atoms with Crippen LogP contribution in [0.1, 0.15) is 17.3 Å². The van der Waals surface area contributed by atoms with Crippen LogP contribution in [0.15, 0.2) is 28.9 Å². The lowest BCUT2D eigenvalue weighted by Gasteiger charge is -2.13. The molecule has 0 spiro atoms. The maximum Gasteiger partial charge on any atom is 0.133 e. The maximum absolute atomic E-state index is 6.16. The third-order valence-corrected chi connectivity index (χ3v) is 3.22. The van der Waals surface area contributed by atoms with Crippen molar-refractivity contribution in [2.75, 3.05) is 7.11 Å². The molecule has 2 aromatic rings. The van der Waals surface area contributed by atoms with Crippen LogP contribution < -0.4 is 10.5 Å². The number of aromatic nitrogens is 3. The van der Waals surface area contributed by atoms with Gasteiger partial charge < -0.3 is 10.5 Å². The molecular weight excluding hydrogens is 284 g/mol. The fourth-order valence-corrected chi connectivity index (χ4v) is 2.18. The van der Waals surface area contributed by atoms with E-state index >= 15 is 0 Å². The molecule has 1 aromatic heterocycles. The highest BCUT2D eigenvalue weighted by molar-refractivity contribution is 9.10. The minimum atomic E-state index is -0.253. The molecule has 1 aromatic carbocycles. The Hall–Kier alpha value is -1.40. The zero-order valence-corrected chi connectivity index (χ0v) is 11.2. The number of ether oxygens (including phenoxy) is 1. The van der Waals surface area contributed by atoms with Gasteiger partial charge in [0.25, 0.3) is 0 Å². The number of rotatable bonds is 3. The quantitative estimate of drug-likeness (QED) is 0.935. The van der Waals surface area contributed by atoms with Gasteiger partial charge >= 0.3 is 0 Å². The number of nitrogens with two attached hydrogens (primary N) is 1. The van der Waals surface area contributed by atoms with Crippen LogP contribution >= 0.6 is 15.9 Å². The molecule has 0 fully saturated rings. The fraction of sp³-hybridized carbons (Fsp3) is 0.273. The summed E-state index contributed by atoms with van der Waals surface area (Å²) in [6.45, 7) is 0. The van der Waals surface area contributed by atoms with Crippen LogP contribution in [-0.4, -0.2) is 22.1 Å². The first kappa shape index (κ1) is 12.1. The summed E-state index contributed by atoms with van der Waals surface area (Å²) in [7, 11) is 3.45. The number of benzene rings is 1. The second kappa shape index (κ2) is 4.85. The number of methoxy groups -OCH3 is 1. The fourth-order valence-electron chi connectivity index (χ4n) is 1.63. The van der Waals surface area contributed by atoms with Gasteiger partial charge in [-0.15, -0.1) is 5.10 Å². The summed E-state index contributed by atoms with van der Waals surface area (Å²) in [6.07, 6.45) is 1.67. The van der Waals surface area contributed by atoms with E-state index in [9.17, 15) is 0 Å². The molecule has 0 aliphatic heterocycles. The van der Waals surface area contributed by atoms with E-state index < -0.39 is 0 Å². The number of halogens is 1. The lowest BCUT2D eigenvalue weighted by atomic mass is 10.1. The normalized spacial score (nSPS) is 12.5. The third-order valence-electron chi connectivity index (χ3n) is 2.60. The van der Waals surface area contributed by atoms with E-state index in [0.717, 1.165) is 21.5 Å². The Morgan fingerprint density at radius 1 is 1.47 bits per heavy atom. The van der Waals surface area contributed by atoms with E-state index in [1.165, 1.54) is 0 Å². The Balaban J connectivity index is 2.35. The molecule has 0 bridgehead atoms. The van der Waals surface area contributed by atoms with Crippen LogP contribution in [0.2, 0.25) is 0 Å². The van der Waals surface area contributed by atoms with Gasteiger partial charge in [0, 0.05) is 7.05 Å². The summed E-state index contributed by atoms with van der Waals surface area (Å²) in [5.74, 6) is 0.782. The molecule has 2 rings (SSSR count). The molecule has 0 amide bonds. The highest BCUT2D eigenvalue weighted by atomic mass is 79.9. The Kier molecular flexibility index (Phi) is 3.44. The molecule has 0 saturated heterocycles. The summed E-state index contributed by atoms with van der Waals surface area (Å²) >= 11 is 3.44. The van der Waals surface area contributed by atoms with E-state index in [1.807, 2.05) is 25.2 Å². The number of nitrogens with zero attached hydrogens (tertiary/aromatic N) is 3. The van der Waals surface area contributed by atoms with E-state index in [4.69, 9.17) is 10.5 Å². The molecule has 0 aliphatic rings. The lowest BCUT2D eigenvalue weighted by molar-refractivity contribution is 0.412. The number of hydrogen-bond donors (Lipinski definition) is 1. The van der Waals surface area contributed by atoms with Crippen LogP contribution in [0.3, 0.4) is 0 Å². The summed E-state index contributed by atoms with van der Waals surface area (Å²) in [5.41, 5.74) is 8.00. The number of aryl methyl sites for hydroxylation is 1. The average molecular weight is 297 g/mol. The number of hydrogen-bond acceptors (Lipinski definition) is 4. The van der Waals surface area contributed by atoms with Gasteiger partial charge in [-0.3, -0.25) is 4.68 Å². The van der Waals surface area contributed by atoms with Gasteiger partial charge in [-0.2, -0.15) is 0 Å². The van der Waals surface area contributed by atoms with Gasteiger partial charge in [-0.25, -0.2) is 0 Å². The zero-order valence-electron chi connectivity index (χ0n) is 9.59. The Bertz CT molecular complexity index is 526. The van der Waals surface area contributed by atoms with Gasteiger partial charge in [-0.1, -0.05) is 11.3 Å². The van der Waals surface area contributed by atoms with Crippen LogP contribution in [-0.2, 0) is 7.05 Å². The maximum atomic E-state index is 6.16. The van der Waals surface area contributed by atoms with Crippen LogP contribution in [0.4, 0.5) is 0 Å². The first-order valence-electron chi connectivity index (χ1n) is 5.07. The van der Waals surface area contributed by atoms with Crippen molar-refractivity contribution >= 4 is 15.9 Å². The van der Waals surface area contributed by atoms with Crippen LogP contribution in [0, 0.1) is 0 Å². The predicted octanol–water partition coefficient (Wildman–Crippen LogP) is 1.63. The van der Waals surface area contributed by atoms with Gasteiger partial charge in [0.15, 0.2) is 0 Å². The van der Waals surface area contributed by atoms with Gasteiger partial charge in [-0.05, 0) is 33.6 Å². The van der Waals surface area contributed by atoms with Crippen LogP contribution in [0.25, 0.3) is 0 Å². The van der Waals surface area contributed by atoms with E-state index in [-0.39, 0.29) is 6.04 Å². The minimum Gasteiger partial charge on any atom is -0.496 e. The first-order chi connectivity index (χ1) is 8.13. The molecule has 1 unspecified atom stereocenters. The molecule has 0 saturated carbocycles. The zero-order chi connectivity index (χ0) is 12.4. The van der Waals surface area contributed by atoms with Crippen LogP contribution in [0.5, 0.6) is 5.75 Å². The predicted molar refractivity (Wildman–Crippen MR) is 67.7 cm³/mol. The van der Waals surface area contributed by atoms with Crippen molar-refractivity contribution in [3.05, 3.63) is 40.1 Å². The highest BCUT2D eigenvalue weighted by Crippen LogP contribution is 2.29. The second-order valence-corrected chi connectivity index (χ2v) is 4.51. The summed E-state index contributed by atoms with van der Waals surface area (Å²) in [4.78, 5) is 0. The van der Waals surface area contributed by atoms with E-state index in [2.05, 4.69) is 26.2 Å². The Labute approximate surface area is 108 Å². The van der Waals surface area contributed by atoms with Crippen molar-refractivity contribution in [2.24, 2.45) is 12.8 Å². The summed E-state index contributed by atoms with van der Waals surface area (Å²) in [6, 6.07) is 5.50. The van der Waals surface area contributed by atoms with Crippen molar-refractivity contribution in [1.82, 2.24) is 15.0 Å². The largest absolute Gasteiger partial charge is 0.496 e. The summed E-state index contributed by atoms with van der Waals surface area (Å²) in [5, 5.41) is 7.69. The molecular formula is C11H13BrN4O. The van der Waals surface area contributed by atoms with Gasteiger partial charge in [0.2, 0.25) is 0 Å². The Morgan fingerprint density at radius 2 is 2.24 bits per heavy atom. The molecule has 6 heteroatoms. The average Bonchev–Trinajstić information content (AvgIpc) is 2.74. The van der Waals surface area contributed by atoms with Crippen molar-refractivity contribution in [2.45, 2.75) is 6.04 Å². The molecule has 17 heavy (non-hydrogen) atoms. The SMILES string of the molecule is COc1ccc(C(N)c2cnnn2C)cc1Br. The highest BCUT2D eigenvalue weighted by Gasteiger charge is 2.14. The molecule has 5 nitrogen and oxygen atoms in total. The van der Waals surface area contributed by atoms with E-state index in [1.54, 1.807) is 18.0 Å². The van der Waals surface area contributed by atoms with Crippen molar-refractivity contribution < 1.29 is 4.74 Å². The van der Waals surface area contributed by atoms with Crippen molar-refractivity contribution in [3.63, 3.8) is 0 Å². The molecule has 90 valence electrons. The molecule has 0 aliphatic carbocycles.